The quantitative estimate of drug-likeness (QED) is 0.722. The summed E-state index contributed by atoms with van der Waals surface area (Å²) in [5.74, 6) is 3.40. The molecule has 4 fully saturated rings. The summed E-state index contributed by atoms with van der Waals surface area (Å²) < 4.78 is 5.71. The van der Waals surface area contributed by atoms with Gasteiger partial charge in [0.2, 0.25) is 0 Å². The van der Waals surface area contributed by atoms with E-state index in [2.05, 4.69) is 13.8 Å². The zero-order valence-corrected chi connectivity index (χ0v) is 18.2. The number of nitrogens with two attached hydrogens (primary N) is 1. The summed E-state index contributed by atoms with van der Waals surface area (Å²) in [6, 6.07) is -0.531. The standard InChI is InChI=1S/C24H39NO3/c1-14(25)22(27)28-17-9-11-23(3)16(13-17)5-6-18-20-8-7-19(15(2)26)24(20,4)12-10-21(18)23/h14,16-21H,5-13,25H2,1-4H3/t14-,16-,17+,18-,19+,20-,21-,23-,24+/m0/s1. The van der Waals surface area contributed by atoms with E-state index in [9.17, 15) is 9.59 Å². The van der Waals surface area contributed by atoms with E-state index in [1.807, 2.05) is 6.92 Å². The zero-order valence-electron chi connectivity index (χ0n) is 18.2. The fourth-order valence-corrected chi connectivity index (χ4v) is 8.27. The van der Waals surface area contributed by atoms with E-state index in [0.717, 1.165) is 43.4 Å². The Bertz CT molecular complexity index is 646. The lowest BCUT2D eigenvalue weighted by atomic mass is 9.44. The number of esters is 1. The van der Waals surface area contributed by atoms with Crippen LogP contribution >= 0.6 is 0 Å². The number of carbonyl (C=O) groups is 2. The third kappa shape index (κ3) is 3.05. The Hall–Kier alpha value is -0.900. The van der Waals surface area contributed by atoms with E-state index in [4.69, 9.17) is 10.5 Å². The van der Waals surface area contributed by atoms with Crippen LogP contribution in [0.4, 0.5) is 0 Å². The van der Waals surface area contributed by atoms with Crippen molar-refractivity contribution in [2.45, 2.75) is 97.6 Å². The van der Waals surface area contributed by atoms with Gasteiger partial charge in [-0.15, -0.1) is 0 Å². The molecule has 0 bridgehead atoms. The largest absolute Gasteiger partial charge is 0.461 e. The third-order valence-electron chi connectivity index (χ3n) is 9.76. The second-order valence-electron chi connectivity index (χ2n) is 11.1. The van der Waals surface area contributed by atoms with Gasteiger partial charge in [-0.05, 0) is 106 Å². The van der Waals surface area contributed by atoms with Crippen LogP contribution < -0.4 is 5.73 Å². The van der Waals surface area contributed by atoms with Crippen LogP contribution in [0.5, 0.6) is 0 Å². The molecule has 0 spiro atoms. The monoisotopic (exact) mass is 389 g/mol. The summed E-state index contributed by atoms with van der Waals surface area (Å²) in [6.45, 7) is 8.46. The molecule has 4 nitrogen and oxygen atoms in total. The molecule has 0 heterocycles. The molecule has 0 aromatic heterocycles. The molecule has 9 atom stereocenters. The molecule has 0 aromatic rings. The maximum Gasteiger partial charge on any atom is 0.322 e. The second-order valence-corrected chi connectivity index (χ2v) is 11.1. The Morgan fingerprint density at radius 3 is 2.32 bits per heavy atom. The highest BCUT2D eigenvalue weighted by Gasteiger charge is 2.60. The lowest BCUT2D eigenvalue weighted by Gasteiger charge is -2.61. The van der Waals surface area contributed by atoms with Gasteiger partial charge >= 0.3 is 5.97 Å². The molecule has 4 heteroatoms. The molecular weight excluding hydrogens is 350 g/mol. The van der Waals surface area contributed by atoms with Crippen molar-refractivity contribution in [1.29, 1.82) is 0 Å². The van der Waals surface area contributed by atoms with E-state index in [-0.39, 0.29) is 23.4 Å². The van der Waals surface area contributed by atoms with Crippen molar-refractivity contribution < 1.29 is 14.3 Å². The number of fused-ring (bicyclic) bond motifs is 5. The molecule has 4 saturated carbocycles. The fraction of sp³-hybridized carbons (Fsp3) is 0.917. The number of hydrogen-bond acceptors (Lipinski definition) is 4. The van der Waals surface area contributed by atoms with Crippen LogP contribution in [-0.4, -0.2) is 23.9 Å². The van der Waals surface area contributed by atoms with E-state index >= 15 is 0 Å². The number of rotatable bonds is 3. The lowest BCUT2D eigenvalue weighted by Crippen LogP contribution is -2.54. The van der Waals surface area contributed by atoms with Gasteiger partial charge in [0.05, 0.1) is 0 Å². The average molecular weight is 390 g/mol. The summed E-state index contributed by atoms with van der Waals surface area (Å²) in [5.41, 5.74) is 6.30. The van der Waals surface area contributed by atoms with Crippen LogP contribution in [0.3, 0.4) is 0 Å². The molecule has 0 amide bonds. The number of Topliss-reactive ketones (excluding diaryl/α,β-unsaturated/α-hetero) is 1. The van der Waals surface area contributed by atoms with Crippen LogP contribution in [0.2, 0.25) is 0 Å². The molecule has 0 unspecified atom stereocenters. The van der Waals surface area contributed by atoms with Crippen molar-refractivity contribution in [3.63, 3.8) is 0 Å². The first-order valence-corrected chi connectivity index (χ1v) is 11.6. The Morgan fingerprint density at radius 2 is 1.64 bits per heavy atom. The molecule has 158 valence electrons. The number of carbonyl (C=O) groups excluding carboxylic acids is 2. The van der Waals surface area contributed by atoms with Gasteiger partial charge < -0.3 is 10.5 Å². The minimum absolute atomic E-state index is 0.0514. The van der Waals surface area contributed by atoms with Crippen LogP contribution in [0, 0.1) is 40.4 Å². The van der Waals surface area contributed by atoms with Gasteiger partial charge in [0.1, 0.15) is 17.9 Å². The van der Waals surface area contributed by atoms with Crippen molar-refractivity contribution in [1.82, 2.24) is 0 Å². The molecule has 4 aliphatic carbocycles. The van der Waals surface area contributed by atoms with Gasteiger partial charge in [0, 0.05) is 5.92 Å². The van der Waals surface area contributed by atoms with E-state index in [0.29, 0.717) is 17.1 Å². The highest BCUT2D eigenvalue weighted by atomic mass is 16.5. The van der Waals surface area contributed by atoms with Crippen molar-refractivity contribution in [3.8, 4) is 0 Å². The molecule has 4 rings (SSSR count). The Kier molecular flexibility index (Phi) is 5.17. The Balaban J connectivity index is 1.49. The first kappa shape index (κ1) is 20.4. The summed E-state index contributed by atoms with van der Waals surface area (Å²) in [7, 11) is 0. The lowest BCUT2D eigenvalue weighted by molar-refractivity contribution is -0.164. The van der Waals surface area contributed by atoms with Gasteiger partial charge in [-0.3, -0.25) is 9.59 Å². The maximum absolute atomic E-state index is 12.3. The summed E-state index contributed by atoms with van der Waals surface area (Å²) in [4.78, 5) is 24.2. The highest BCUT2D eigenvalue weighted by Crippen LogP contribution is 2.67. The number of ketones is 1. The molecule has 28 heavy (non-hydrogen) atoms. The Morgan fingerprint density at radius 1 is 0.964 bits per heavy atom. The first-order valence-electron chi connectivity index (χ1n) is 11.6. The van der Waals surface area contributed by atoms with Crippen LogP contribution in [0.1, 0.15) is 85.5 Å². The topological polar surface area (TPSA) is 69.4 Å². The second kappa shape index (κ2) is 7.11. The predicted octanol–water partition coefficient (Wildman–Crippen LogP) is 4.49. The van der Waals surface area contributed by atoms with Crippen molar-refractivity contribution in [3.05, 3.63) is 0 Å². The van der Waals surface area contributed by atoms with Crippen molar-refractivity contribution in [2.24, 2.45) is 46.2 Å². The van der Waals surface area contributed by atoms with Gasteiger partial charge in [-0.1, -0.05) is 13.8 Å². The molecule has 0 aromatic carbocycles. The molecule has 0 aliphatic heterocycles. The smallest absolute Gasteiger partial charge is 0.322 e. The van der Waals surface area contributed by atoms with E-state index in [1.165, 1.54) is 32.1 Å². The van der Waals surface area contributed by atoms with Gasteiger partial charge in [0.15, 0.2) is 0 Å². The van der Waals surface area contributed by atoms with Crippen LogP contribution in [-0.2, 0) is 14.3 Å². The molecule has 4 aliphatic rings. The van der Waals surface area contributed by atoms with Gasteiger partial charge in [0.25, 0.3) is 0 Å². The first-order chi connectivity index (χ1) is 13.2. The Labute approximate surface area is 170 Å². The minimum Gasteiger partial charge on any atom is -0.461 e. The van der Waals surface area contributed by atoms with E-state index < -0.39 is 6.04 Å². The highest BCUT2D eigenvalue weighted by molar-refractivity contribution is 5.79. The summed E-state index contributed by atoms with van der Waals surface area (Å²) >= 11 is 0. The van der Waals surface area contributed by atoms with Crippen molar-refractivity contribution >= 4 is 11.8 Å². The third-order valence-corrected chi connectivity index (χ3v) is 9.76. The van der Waals surface area contributed by atoms with Crippen LogP contribution in [0.15, 0.2) is 0 Å². The van der Waals surface area contributed by atoms with Gasteiger partial charge in [-0.2, -0.15) is 0 Å². The molecule has 0 radical (unpaired) electrons. The normalized spacial score (nSPS) is 48.8. The SMILES string of the molecule is CC(=O)[C@H]1CC[C@H]2[C@@H]3CC[C@H]4C[C@H](OC(=O)[C@H](C)N)CC[C@]4(C)[C@H]3CC[C@]12C. The molecular formula is C24H39NO3. The average Bonchev–Trinajstić information content (AvgIpc) is 2.99. The van der Waals surface area contributed by atoms with Gasteiger partial charge in [-0.25, -0.2) is 0 Å². The zero-order chi connectivity index (χ0) is 20.3. The van der Waals surface area contributed by atoms with Crippen molar-refractivity contribution in [2.75, 3.05) is 0 Å². The van der Waals surface area contributed by atoms with Crippen LogP contribution in [0.25, 0.3) is 0 Å². The minimum atomic E-state index is -0.531. The number of ether oxygens (including phenoxy) is 1. The molecule has 2 N–H and O–H groups in total. The fourth-order valence-electron chi connectivity index (χ4n) is 8.27. The maximum atomic E-state index is 12.3. The summed E-state index contributed by atoms with van der Waals surface area (Å²) in [5, 5.41) is 0. The summed E-state index contributed by atoms with van der Waals surface area (Å²) in [6.07, 6.45) is 10.6. The predicted molar refractivity (Wildman–Crippen MR) is 109 cm³/mol. The molecule has 0 saturated heterocycles. The number of hydrogen-bond donors (Lipinski definition) is 1. The van der Waals surface area contributed by atoms with E-state index in [1.54, 1.807) is 6.92 Å².